The molecule has 21 heavy (non-hydrogen) atoms. The second kappa shape index (κ2) is 5.65. The van der Waals surface area contributed by atoms with Crippen LogP contribution in [0.4, 0.5) is 5.69 Å². The molecule has 2 rings (SSSR count). The first-order chi connectivity index (χ1) is 9.76. The minimum absolute atomic E-state index is 0.0112. The van der Waals surface area contributed by atoms with Crippen LogP contribution in [0.1, 0.15) is 36.0 Å². The first-order valence-electron chi connectivity index (χ1n) is 6.80. The molecule has 1 aliphatic rings. The van der Waals surface area contributed by atoms with E-state index in [2.05, 4.69) is 5.32 Å². The molecule has 1 aliphatic carbocycles. The monoisotopic (exact) mass is 312 g/mol. The number of nitrogens with two attached hydrogens (primary N) is 1. The molecule has 4 N–H and O–H groups in total. The fourth-order valence-corrected chi connectivity index (χ4v) is 3.35. The van der Waals surface area contributed by atoms with Crippen LogP contribution in [0.15, 0.2) is 23.1 Å². The molecule has 0 bridgehead atoms. The van der Waals surface area contributed by atoms with E-state index < -0.39 is 21.3 Å². The number of hydrogen-bond acceptors (Lipinski definition) is 5. The highest BCUT2D eigenvalue weighted by atomic mass is 32.2. The van der Waals surface area contributed by atoms with Gasteiger partial charge in [0.05, 0.1) is 17.0 Å². The Balaban J connectivity index is 2.29. The molecular formula is C14H20N2O4S. The molecule has 1 amide bonds. The van der Waals surface area contributed by atoms with Crippen molar-refractivity contribution in [2.75, 3.05) is 18.6 Å². The standard InChI is InChI=1S/C14H20N2O4S/c1-21(19,20)12-7-10(6-11(15)8-12)13(18)16-14(9-17)4-2-3-5-14/h6-8,17H,2-5,9,15H2,1H3,(H,16,18). The Morgan fingerprint density at radius 1 is 1.33 bits per heavy atom. The van der Waals surface area contributed by atoms with Crippen molar-refractivity contribution >= 4 is 21.4 Å². The average molecular weight is 312 g/mol. The van der Waals surface area contributed by atoms with Crippen molar-refractivity contribution in [1.29, 1.82) is 0 Å². The van der Waals surface area contributed by atoms with Crippen LogP contribution in [0.2, 0.25) is 0 Å². The van der Waals surface area contributed by atoms with E-state index in [9.17, 15) is 18.3 Å². The van der Waals surface area contributed by atoms with Gasteiger partial charge in [0.1, 0.15) is 0 Å². The number of hydrogen-bond donors (Lipinski definition) is 3. The third kappa shape index (κ3) is 3.54. The summed E-state index contributed by atoms with van der Waals surface area (Å²) >= 11 is 0. The van der Waals surface area contributed by atoms with E-state index in [0.717, 1.165) is 31.9 Å². The number of benzene rings is 1. The summed E-state index contributed by atoms with van der Waals surface area (Å²) in [5, 5.41) is 12.3. The van der Waals surface area contributed by atoms with Crippen LogP contribution >= 0.6 is 0 Å². The van der Waals surface area contributed by atoms with Gasteiger partial charge in [0, 0.05) is 17.5 Å². The van der Waals surface area contributed by atoms with E-state index in [4.69, 9.17) is 5.73 Å². The lowest BCUT2D eigenvalue weighted by Crippen LogP contribution is -2.49. The number of amides is 1. The molecule has 0 unspecified atom stereocenters. The van der Waals surface area contributed by atoms with Gasteiger partial charge in [-0.2, -0.15) is 0 Å². The molecule has 0 saturated heterocycles. The Bertz CT molecular complexity index is 649. The zero-order chi connectivity index (χ0) is 15.7. The summed E-state index contributed by atoms with van der Waals surface area (Å²) in [5.74, 6) is -0.414. The molecule has 1 aromatic carbocycles. The molecule has 6 nitrogen and oxygen atoms in total. The van der Waals surface area contributed by atoms with Gasteiger partial charge in [-0.1, -0.05) is 12.8 Å². The predicted octanol–water partition coefficient (Wildman–Crippen LogP) is 0.707. The Hall–Kier alpha value is -1.60. The van der Waals surface area contributed by atoms with Gasteiger partial charge in [-0.15, -0.1) is 0 Å². The van der Waals surface area contributed by atoms with E-state index in [1.165, 1.54) is 18.2 Å². The van der Waals surface area contributed by atoms with Gasteiger partial charge in [0.2, 0.25) is 0 Å². The highest BCUT2D eigenvalue weighted by Gasteiger charge is 2.35. The predicted molar refractivity (Wildman–Crippen MR) is 79.7 cm³/mol. The van der Waals surface area contributed by atoms with Crippen LogP contribution < -0.4 is 11.1 Å². The van der Waals surface area contributed by atoms with Crippen molar-refractivity contribution < 1.29 is 18.3 Å². The Morgan fingerprint density at radius 2 is 1.95 bits per heavy atom. The van der Waals surface area contributed by atoms with Crippen molar-refractivity contribution in [3.63, 3.8) is 0 Å². The number of sulfone groups is 1. The van der Waals surface area contributed by atoms with Gasteiger partial charge >= 0.3 is 0 Å². The highest BCUT2D eigenvalue weighted by Crippen LogP contribution is 2.29. The second-order valence-corrected chi connectivity index (χ2v) is 7.68. The lowest BCUT2D eigenvalue weighted by atomic mass is 9.98. The fourth-order valence-electron chi connectivity index (χ4n) is 2.65. The van der Waals surface area contributed by atoms with E-state index in [-0.39, 0.29) is 22.8 Å². The van der Waals surface area contributed by atoms with Gasteiger partial charge in [0.25, 0.3) is 5.91 Å². The number of rotatable bonds is 4. The van der Waals surface area contributed by atoms with Crippen molar-refractivity contribution in [2.45, 2.75) is 36.1 Å². The maximum absolute atomic E-state index is 12.3. The summed E-state index contributed by atoms with van der Waals surface area (Å²) in [5.41, 5.74) is 5.47. The molecule has 0 heterocycles. The fraction of sp³-hybridized carbons (Fsp3) is 0.500. The molecule has 0 radical (unpaired) electrons. The summed E-state index contributed by atoms with van der Waals surface area (Å²) in [6.07, 6.45) is 4.40. The SMILES string of the molecule is CS(=O)(=O)c1cc(N)cc(C(=O)NC2(CO)CCCC2)c1. The quantitative estimate of drug-likeness (QED) is 0.709. The van der Waals surface area contributed by atoms with E-state index in [0.29, 0.717) is 0 Å². The molecule has 116 valence electrons. The molecule has 7 heteroatoms. The first-order valence-corrected chi connectivity index (χ1v) is 8.69. The van der Waals surface area contributed by atoms with E-state index in [1.54, 1.807) is 0 Å². The lowest BCUT2D eigenvalue weighted by molar-refractivity contribution is 0.0838. The topological polar surface area (TPSA) is 109 Å². The molecular weight excluding hydrogens is 292 g/mol. The molecule has 1 fully saturated rings. The highest BCUT2D eigenvalue weighted by molar-refractivity contribution is 7.90. The first kappa shape index (κ1) is 15.8. The van der Waals surface area contributed by atoms with Crippen LogP contribution in [0.5, 0.6) is 0 Å². The van der Waals surface area contributed by atoms with Gasteiger partial charge in [-0.05, 0) is 31.0 Å². The molecule has 0 spiro atoms. The van der Waals surface area contributed by atoms with Crippen LogP contribution in [0, 0.1) is 0 Å². The summed E-state index contributed by atoms with van der Waals surface area (Å²) in [6, 6.07) is 4.06. The number of carbonyl (C=O) groups excluding carboxylic acids is 1. The minimum Gasteiger partial charge on any atom is -0.399 e. The second-order valence-electron chi connectivity index (χ2n) is 5.66. The zero-order valence-corrected chi connectivity index (χ0v) is 12.7. The Kier molecular flexibility index (Phi) is 4.25. The third-order valence-corrected chi connectivity index (χ3v) is 4.95. The number of carbonyl (C=O) groups is 1. The molecule has 1 saturated carbocycles. The zero-order valence-electron chi connectivity index (χ0n) is 11.9. The van der Waals surface area contributed by atoms with Gasteiger partial charge < -0.3 is 16.2 Å². The maximum Gasteiger partial charge on any atom is 0.251 e. The van der Waals surface area contributed by atoms with E-state index in [1.807, 2.05) is 0 Å². The van der Waals surface area contributed by atoms with Crippen molar-refractivity contribution in [3.8, 4) is 0 Å². The van der Waals surface area contributed by atoms with Crippen LogP contribution in [-0.2, 0) is 9.84 Å². The van der Waals surface area contributed by atoms with Crippen LogP contribution in [0.25, 0.3) is 0 Å². The summed E-state index contributed by atoms with van der Waals surface area (Å²) in [6.45, 7) is -0.125. The average Bonchev–Trinajstić information content (AvgIpc) is 2.86. The normalized spacial score (nSPS) is 17.6. The lowest BCUT2D eigenvalue weighted by Gasteiger charge is -2.28. The number of nitrogen functional groups attached to an aromatic ring is 1. The van der Waals surface area contributed by atoms with Crippen molar-refractivity contribution in [1.82, 2.24) is 5.32 Å². The summed E-state index contributed by atoms with van der Waals surface area (Å²) in [7, 11) is -3.44. The molecule has 0 aromatic heterocycles. The maximum atomic E-state index is 12.3. The minimum atomic E-state index is -3.44. The Morgan fingerprint density at radius 3 is 2.48 bits per heavy atom. The number of nitrogens with one attached hydrogen (secondary N) is 1. The largest absolute Gasteiger partial charge is 0.399 e. The summed E-state index contributed by atoms with van der Waals surface area (Å²) in [4.78, 5) is 12.3. The van der Waals surface area contributed by atoms with Gasteiger partial charge in [-0.3, -0.25) is 4.79 Å². The molecule has 0 atom stereocenters. The molecule has 0 aliphatic heterocycles. The number of aliphatic hydroxyl groups is 1. The van der Waals surface area contributed by atoms with E-state index >= 15 is 0 Å². The summed E-state index contributed by atoms with van der Waals surface area (Å²) < 4.78 is 23.2. The van der Waals surface area contributed by atoms with Crippen LogP contribution in [-0.4, -0.2) is 37.8 Å². The third-order valence-electron chi connectivity index (χ3n) is 3.86. The van der Waals surface area contributed by atoms with Gasteiger partial charge in [-0.25, -0.2) is 8.42 Å². The molecule has 1 aromatic rings. The number of aliphatic hydroxyl groups excluding tert-OH is 1. The number of anilines is 1. The van der Waals surface area contributed by atoms with Crippen molar-refractivity contribution in [3.05, 3.63) is 23.8 Å². The Labute approximate surface area is 124 Å². The van der Waals surface area contributed by atoms with Crippen molar-refractivity contribution in [2.24, 2.45) is 0 Å². The van der Waals surface area contributed by atoms with Crippen LogP contribution in [0.3, 0.4) is 0 Å². The van der Waals surface area contributed by atoms with Gasteiger partial charge in [0.15, 0.2) is 9.84 Å². The smallest absolute Gasteiger partial charge is 0.251 e.